The summed E-state index contributed by atoms with van der Waals surface area (Å²) in [6.07, 6.45) is -1.84. The maximum absolute atomic E-state index is 12.9. The lowest BCUT2D eigenvalue weighted by Crippen LogP contribution is -2.59. The number of pyridine rings is 1. The van der Waals surface area contributed by atoms with E-state index in [1.165, 1.54) is 24.5 Å². The van der Waals surface area contributed by atoms with Gasteiger partial charge in [0.1, 0.15) is 42.1 Å². The van der Waals surface area contributed by atoms with Crippen molar-refractivity contribution in [3.05, 3.63) is 69.0 Å². The Bertz CT molecular complexity index is 1290. The average molecular weight is 561 g/mol. The number of nitrogens with zero attached hydrogens (tertiary/aromatic N) is 4. The van der Waals surface area contributed by atoms with Crippen LogP contribution in [0.25, 0.3) is 10.4 Å². The van der Waals surface area contributed by atoms with Crippen molar-refractivity contribution in [3.63, 3.8) is 0 Å². The molecular formula is C25H28N4O9S. The minimum atomic E-state index is -1.21. The van der Waals surface area contributed by atoms with E-state index in [0.717, 1.165) is 24.2 Å². The fourth-order valence-electron chi connectivity index (χ4n) is 3.92. The van der Waals surface area contributed by atoms with Gasteiger partial charge in [-0.15, -0.1) is 0 Å². The third-order valence-electron chi connectivity index (χ3n) is 5.59. The number of carbonyl (C=O) groups excluding carboxylic acids is 3. The van der Waals surface area contributed by atoms with Crippen LogP contribution < -0.4 is 10.3 Å². The smallest absolute Gasteiger partial charge is 0.303 e. The molecule has 0 radical (unpaired) electrons. The lowest BCUT2D eigenvalue weighted by atomic mass is 9.97. The molecule has 13 nitrogen and oxygen atoms in total. The molecule has 0 amide bonds. The highest BCUT2D eigenvalue weighted by Crippen LogP contribution is 2.37. The van der Waals surface area contributed by atoms with Crippen molar-refractivity contribution >= 4 is 29.7 Å². The Kier molecular flexibility index (Phi) is 10.4. The lowest BCUT2D eigenvalue weighted by Gasteiger charge is -2.43. The zero-order valence-electron chi connectivity index (χ0n) is 21.7. The molecule has 5 atom stereocenters. The molecule has 14 heteroatoms. The van der Waals surface area contributed by atoms with Crippen molar-refractivity contribution in [2.75, 3.05) is 13.7 Å². The summed E-state index contributed by atoms with van der Waals surface area (Å²) in [7, 11) is 1.57. The second-order valence-electron chi connectivity index (χ2n) is 8.48. The van der Waals surface area contributed by atoms with Crippen LogP contribution in [0.2, 0.25) is 0 Å². The number of rotatable bonds is 10. The first kappa shape index (κ1) is 29.6. The van der Waals surface area contributed by atoms with E-state index < -0.39 is 47.7 Å². The highest BCUT2D eigenvalue weighted by Gasteiger charge is 2.50. The second kappa shape index (κ2) is 13.7. The van der Waals surface area contributed by atoms with Crippen LogP contribution in [0.4, 0.5) is 0 Å². The van der Waals surface area contributed by atoms with Gasteiger partial charge < -0.3 is 28.3 Å². The van der Waals surface area contributed by atoms with E-state index in [2.05, 4.69) is 10.0 Å². The second-order valence-corrected chi connectivity index (χ2v) is 9.66. The summed E-state index contributed by atoms with van der Waals surface area (Å²) in [5, 5.41) is 3.73. The van der Waals surface area contributed by atoms with Crippen LogP contribution in [-0.2, 0) is 39.9 Å². The van der Waals surface area contributed by atoms with Crippen molar-refractivity contribution in [2.24, 2.45) is 5.11 Å². The molecule has 0 aliphatic carbocycles. The normalized spacial score (nSPS) is 22.2. The molecule has 1 fully saturated rings. The number of hydrogen-bond donors (Lipinski definition) is 0. The summed E-state index contributed by atoms with van der Waals surface area (Å²) in [6, 6.07) is 9.18. The van der Waals surface area contributed by atoms with Crippen molar-refractivity contribution in [3.8, 4) is 5.75 Å². The standard InChI is InChI=1S/C25H28N4O9S/c1-14(30)35-13-20-23(36-15(2)31)22(27-28-26)24(37-16(3)32)25(38-20)39-19-9-10-29(21(33)11-19)12-17-5-7-18(34-4)8-6-17/h5-11,20,22-25H,12-13H2,1-4H3/t20?,22-,23-,24?,25+/m0/s1. The van der Waals surface area contributed by atoms with Gasteiger partial charge in [-0.1, -0.05) is 29.0 Å². The van der Waals surface area contributed by atoms with E-state index in [-0.39, 0.29) is 12.2 Å². The topological polar surface area (TPSA) is 168 Å². The Morgan fingerprint density at radius 2 is 1.72 bits per heavy atom. The van der Waals surface area contributed by atoms with Crippen LogP contribution in [0, 0.1) is 0 Å². The van der Waals surface area contributed by atoms with Crippen LogP contribution in [-0.4, -0.2) is 66.0 Å². The van der Waals surface area contributed by atoms with Crippen LogP contribution in [0.1, 0.15) is 26.3 Å². The third kappa shape index (κ3) is 8.24. The number of aromatic nitrogens is 1. The number of azide groups is 1. The van der Waals surface area contributed by atoms with Gasteiger partial charge in [0.25, 0.3) is 5.56 Å². The molecule has 39 heavy (non-hydrogen) atoms. The van der Waals surface area contributed by atoms with E-state index in [1.807, 2.05) is 12.1 Å². The lowest BCUT2D eigenvalue weighted by molar-refractivity contribution is -0.201. The Morgan fingerprint density at radius 3 is 2.28 bits per heavy atom. The maximum Gasteiger partial charge on any atom is 0.303 e. The number of carbonyl (C=O) groups is 3. The summed E-state index contributed by atoms with van der Waals surface area (Å²) < 4.78 is 28.6. The fraction of sp³-hybridized carbons (Fsp3) is 0.440. The predicted molar refractivity (Wildman–Crippen MR) is 138 cm³/mol. The Hall–Kier alpha value is -4.00. The zero-order chi connectivity index (χ0) is 28.5. The number of ether oxygens (including phenoxy) is 5. The highest BCUT2D eigenvalue weighted by molar-refractivity contribution is 7.99. The SMILES string of the molecule is COc1ccc(Cn2ccc(S[C@H]3OC(COC(C)=O)[C@H](OC(C)=O)[C@H](N=[N+]=[N-])C3OC(C)=O)cc2=O)cc1. The fourth-order valence-corrected chi connectivity index (χ4v) is 5.05. The van der Waals surface area contributed by atoms with E-state index in [9.17, 15) is 24.7 Å². The predicted octanol–water partition coefficient (Wildman–Crippen LogP) is 2.83. The third-order valence-corrected chi connectivity index (χ3v) is 6.73. The molecule has 3 rings (SSSR count). The van der Waals surface area contributed by atoms with Crippen molar-refractivity contribution in [2.45, 2.75) is 62.0 Å². The average Bonchev–Trinajstić information content (AvgIpc) is 2.88. The summed E-state index contributed by atoms with van der Waals surface area (Å²) in [5.74, 6) is -1.30. The highest BCUT2D eigenvalue weighted by atomic mass is 32.2. The van der Waals surface area contributed by atoms with Gasteiger partial charge in [0.05, 0.1) is 13.7 Å². The number of esters is 3. The number of hydrogen-bond acceptors (Lipinski definition) is 11. The van der Waals surface area contributed by atoms with Gasteiger partial charge in [-0.2, -0.15) is 0 Å². The molecule has 2 aromatic rings. The Balaban J connectivity index is 1.89. The van der Waals surface area contributed by atoms with Crippen LogP contribution in [0.3, 0.4) is 0 Å². The maximum atomic E-state index is 12.9. The van der Waals surface area contributed by atoms with Crippen LogP contribution >= 0.6 is 11.8 Å². The van der Waals surface area contributed by atoms with E-state index in [1.54, 1.807) is 31.5 Å². The zero-order valence-corrected chi connectivity index (χ0v) is 22.5. The Labute approximate surface area is 227 Å². The largest absolute Gasteiger partial charge is 0.497 e. The summed E-state index contributed by atoms with van der Waals surface area (Å²) in [6.45, 7) is 3.53. The van der Waals surface area contributed by atoms with Crippen molar-refractivity contribution < 1.29 is 38.1 Å². The van der Waals surface area contributed by atoms with Crippen molar-refractivity contribution in [1.29, 1.82) is 0 Å². The molecule has 2 heterocycles. The van der Waals surface area contributed by atoms with Crippen LogP contribution in [0.15, 0.2) is 57.4 Å². The van der Waals surface area contributed by atoms with Crippen molar-refractivity contribution in [1.82, 2.24) is 4.57 Å². The molecule has 2 unspecified atom stereocenters. The van der Waals surface area contributed by atoms with Gasteiger partial charge in [0, 0.05) is 42.8 Å². The monoisotopic (exact) mass is 560 g/mol. The van der Waals surface area contributed by atoms with Gasteiger partial charge >= 0.3 is 17.9 Å². The first-order valence-electron chi connectivity index (χ1n) is 11.8. The summed E-state index contributed by atoms with van der Waals surface area (Å²) in [4.78, 5) is 51.4. The molecular weight excluding hydrogens is 532 g/mol. The van der Waals surface area contributed by atoms with E-state index >= 15 is 0 Å². The quantitative estimate of drug-likeness (QED) is 0.138. The molecule has 1 aromatic carbocycles. The number of benzene rings is 1. The molecule has 0 N–H and O–H groups in total. The first-order chi connectivity index (χ1) is 18.6. The number of methoxy groups -OCH3 is 1. The molecule has 1 saturated heterocycles. The number of thioether (sulfide) groups is 1. The van der Waals surface area contributed by atoms with Gasteiger partial charge in [0.2, 0.25) is 0 Å². The minimum absolute atomic E-state index is 0.295. The first-order valence-corrected chi connectivity index (χ1v) is 12.7. The van der Waals surface area contributed by atoms with Gasteiger partial charge in [0.15, 0.2) is 0 Å². The summed E-state index contributed by atoms with van der Waals surface area (Å²) in [5.41, 5.74) is 8.81. The van der Waals surface area contributed by atoms with Gasteiger partial charge in [-0.25, -0.2) is 0 Å². The van der Waals surface area contributed by atoms with E-state index in [4.69, 9.17) is 23.7 Å². The minimum Gasteiger partial charge on any atom is -0.497 e. The van der Waals surface area contributed by atoms with E-state index in [0.29, 0.717) is 17.2 Å². The molecule has 1 aromatic heterocycles. The molecule has 1 aliphatic heterocycles. The molecule has 0 spiro atoms. The molecule has 208 valence electrons. The Morgan fingerprint density at radius 1 is 1.05 bits per heavy atom. The van der Waals surface area contributed by atoms with Gasteiger partial charge in [-0.3, -0.25) is 19.2 Å². The van der Waals surface area contributed by atoms with Crippen LogP contribution in [0.5, 0.6) is 5.75 Å². The molecule has 0 bridgehead atoms. The summed E-state index contributed by atoms with van der Waals surface area (Å²) >= 11 is 1.04. The van der Waals surface area contributed by atoms with Gasteiger partial charge in [-0.05, 0) is 29.3 Å². The molecule has 1 aliphatic rings. The molecule has 0 saturated carbocycles.